The second-order valence-electron chi connectivity index (χ2n) is 3.37. The number of nitrogens with two attached hydrogens (primary N) is 1. The minimum atomic E-state index is 1.00. The van der Waals surface area contributed by atoms with Crippen LogP contribution in [-0.2, 0) is 0 Å². The Morgan fingerprint density at radius 1 is 1.19 bits per heavy atom. The highest BCUT2D eigenvalue weighted by molar-refractivity contribution is 5.57. The number of hydrogen-bond acceptors (Lipinski definition) is 2. The molecule has 0 unspecified atom stereocenters. The second kappa shape index (κ2) is 6.51. The molecule has 84 valence electrons. The van der Waals surface area contributed by atoms with Crippen LogP contribution in [0.15, 0.2) is 54.3 Å². The van der Waals surface area contributed by atoms with Gasteiger partial charge in [0.25, 0.3) is 0 Å². The first-order valence-electron chi connectivity index (χ1n) is 5.30. The fourth-order valence-corrected chi connectivity index (χ4v) is 1.31. The molecule has 0 aromatic heterocycles. The van der Waals surface area contributed by atoms with Gasteiger partial charge in [-0.2, -0.15) is 0 Å². The molecule has 0 atom stereocenters. The maximum atomic E-state index is 5.49. The molecule has 3 N–H and O–H groups in total. The Morgan fingerprint density at radius 3 is 2.38 bits per heavy atom. The van der Waals surface area contributed by atoms with Gasteiger partial charge in [-0.15, -0.1) is 0 Å². The first-order valence-corrected chi connectivity index (χ1v) is 5.30. The summed E-state index contributed by atoms with van der Waals surface area (Å²) in [5, 5.41) is 3.08. The van der Waals surface area contributed by atoms with Crippen molar-refractivity contribution in [1.82, 2.24) is 0 Å². The molecule has 2 nitrogen and oxygen atoms in total. The summed E-state index contributed by atoms with van der Waals surface area (Å²) in [7, 11) is 1.91. The van der Waals surface area contributed by atoms with E-state index in [9.17, 15) is 0 Å². The quantitative estimate of drug-likeness (QED) is 0.755. The minimum Gasteiger partial charge on any atom is -0.404 e. The molecule has 0 saturated carbocycles. The van der Waals surface area contributed by atoms with Crippen molar-refractivity contribution in [3.8, 4) is 0 Å². The van der Waals surface area contributed by atoms with E-state index in [4.69, 9.17) is 5.73 Å². The Kier molecular flexibility index (Phi) is 4.93. The van der Waals surface area contributed by atoms with E-state index in [1.165, 1.54) is 0 Å². The normalized spacial score (nSPS) is 12.5. The lowest BCUT2D eigenvalue weighted by Crippen LogP contribution is -1.86. The van der Waals surface area contributed by atoms with Crippen molar-refractivity contribution in [2.45, 2.75) is 6.92 Å². The number of anilines is 1. The third-order valence-electron chi connectivity index (χ3n) is 2.22. The number of hydrogen-bond donors (Lipinski definition) is 2. The summed E-state index contributed by atoms with van der Waals surface area (Å²) in [5.41, 5.74) is 8.76. The van der Waals surface area contributed by atoms with Crippen LogP contribution in [0.2, 0.25) is 0 Å². The zero-order chi connectivity index (χ0) is 11.8. The Bertz CT molecular complexity index is 397. The van der Waals surface area contributed by atoms with Crippen molar-refractivity contribution in [2.24, 2.45) is 5.73 Å². The molecule has 0 aliphatic carbocycles. The highest BCUT2D eigenvalue weighted by atomic mass is 14.8. The Balaban J connectivity index is 2.75. The van der Waals surface area contributed by atoms with Gasteiger partial charge < -0.3 is 11.1 Å². The van der Waals surface area contributed by atoms with Crippen LogP contribution in [0, 0.1) is 0 Å². The molecule has 0 radical (unpaired) electrons. The van der Waals surface area contributed by atoms with Crippen LogP contribution < -0.4 is 11.1 Å². The van der Waals surface area contributed by atoms with Crippen LogP contribution in [0.4, 0.5) is 5.69 Å². The lowest BCUT2D eigenvalue weighted by atomic mass is 10.1. The summed E-state index contributed by atoms with van der Waals surface area (Å²) in [6, 6.07) is 8.21. The van der Waals surface area contributed by atoms with Gasteiger partial charge in [-0.25, -0.2) is 0 Å². The molecule has 0 fully saturated rings. The highest BCUT2D eigenvalue weighted by Crippen LogP contribution is 2.11. The number of nitrogens with one attached hydrogen (secondary N) is 1. The summed E-state index contributed by atoms with van der Waals surface area (Å²) < 4.78 is 0. The fourth-order valence-electron chi connectivity index (χ4n) is 1.31. The van der Waals surface area contributed by atoms with Crippen molar-refractivity contribution < 1.29 is 0 Å². The van der Waals surface area contributed by atoms with Gasteiger partial charge in [0.2, 0.25) is 0 Å². The molecule has 16 heavy (non-hydrogen) atoms. The van der Waals surface area contributed by atoms with Crippen LogP contribution in [0.3, 0.4) is 0 Å². The first kappa shape index (κ1) is 12.1. The second-order valence-corrected chi connectivity index (χ2v) is 3.37. The van der Waals surface area contributed by atoms with E-state index in [1.807, 2.05) is 50.4 Å². The molecule has 0 aliphatic heterocycles. The van der Waals surface area contributed by atoms with Gasteiger partial charge in [-0.1, -0.05) is 36.4 Å². The number of benzene rings is 1. The standard InChI is InChI=1S/C14H18N2/c1-3-4-13(11-15)6-5-12-7-9-14(16-2)10-8-12/h3-11,16H,15H2,1-2H3/b4-3-,6-5+,13-11+. The summed E-state index contributed by atoms with van der Waals surface area (Å²) in [4.78, 5) is 0. The molecular formula is C14H18N2. The topological polar surface area (TPSA) is 38.0 Å². The smallest absolute Gasteiger partial charge is 0.0337 e. The van der Waals surface area contributed by atoms with E-state index in [0.29, 0.717) is 0 Å². The maximum absolute atomic E-state index is 5.49. The molecule has 0 bridgehead atoms. The molecule has 0 amide bonds. The Morgan fingerprint density at radius 2 is 1.88 bits per heavy atom. The van der Waals surface area contributed by atoms with Gasteiger partial charge in [0, 0.05) is 18.9 Å². The van der Waals surface area contributed by atoms with Crippen molar-refractivity contribution in [3.63, 3.8) is 0 Å². The molecule has 0 heterocycles. The predicted molar refractivity (Wildman–Crippen MR) is 72.1 cm³/mol. The van der Waals surface area contributed by atoms with E-state index >= 15 is 0 Å². The Labute approximate surface area is 97.2 Å². The third-order valence-corrected chi connectivity index (χ3v) is 2.22. The van der Waals surface area contributed by atoms with E-state index in [2.05, 4.69) is 17.4 Å². The predicted octanol–water partition coefficient (Wildman–Crippen LogP) is 3.16. The molecule has 0 aliphatic rings. The van der Waals surface area contributed by atoms with Crippen LogP contribution in [0.1, 0.15) is 12.5 Å². The highest BCUT2D eigenvalue weighted by Gasteiger charge is 1.89. The zero-order valence-electron chi connectivity index (χ0n) is 9.77. The van der Waals surface area contributed by atoms with E-state index in [-0.39, 0.29) is 0 Å². The number of allylic oxidation sites excluding steroid dienone is 4. The van der Waals surface area contributed by atoms with Crippen LogP contribution in [0.25, 0.3) is 6.08 Å². The molecule has 2 heteroatoms. The average Bonchev–Trinajstić information content (AvgIpc) is 2.35. The average molecular weight is 214 g/mol. The third kappa shape index (κ3) is 3.65. The van der Waals surface area contributed by atoms with Crippen molar-refractivity contribution in [3.05, 3.63) is 59.8 Å². The minimum absolute atomic E-state index is 1.00. The zero-order valence-corrected chi connectivity index (χ0v) is 9.77. The monoisotopic (exact) mass is 214 g/mol. The molecule has 1 aromatic rings. The van der Waals surface area contributed by atoms with Gasteiger partial charge in [-0.3, -0.25) is 0 Å². The SMILES string of the molecule is C\C=C/C(/C=C/c1ccc(NC)cc1)=C\N. The number of rotatable bonds is 4. The van der Waals surface area contributed by atoms with Gasteiger partial charge in [0.05, 0.1) is 0 Å². The van der Waals surface area contributed by atoms with E-state index in [1.54, 1.807) is 6.20 Å². The van der Waals surface area contributed by atoms with Gasteiger partial charge in [-0.05, 0) is 30.2 Å². The summed E-state index contributed by atoms with van der Waals surface area (Å²) in [5.74, 6) is 0. The summed E-state index contributed by atoms with van der Waals surface area (Å²) in [6.07, 6.45) is 9.57. The lowest BCUT2D eigenvalue weighted by molar-refractivity contribution is 1.50. The first-order chi connectivity index (χ1) is 7.80. The van der Waals surface area contributed by atoms with Crippen molar-refractivity contribution >= 4 is 11.8 Å². The van der Waals surface area contributed by atoms with Gasteiger partial charge in [0.1, 0.15) is 0 Å². The van der Waals surface area contributed by atoms with E-state index in [0.717, 1.165) is 16.8 Å². The van der Waals surface area contributed by atoms with Crippen molar-refractivity contribution in [1.29, 1.82) is 0 Å². The summed E-state index contributed by atoms with van der Waals surface area (Å²) in [6.45, 7) is 1.97. The van der Waals surface area contributed by atoms with Gasteiger partial charge in [0.15, 0.2) is 0 Å². The summed E-state index contributed by atoms with van der Waals surface area (Å²) >= 11 is 0. The van der Waals surface area contributed by atoms with E-state index < -0.39 is 0 Å². The molecule has 0 saturated heterocycles. The van der Waals surface area contributed by atoms with Crippen molar-refractivity contribution in [2.75, 3.05) is 12.4 Å². The lowest BCUT2D eigenvalue weighted by Gasteiger charge is -1.99. The van der Waals surface area contributed by atoms with Crippen LogP contribution in [0.5, 0.6) is 0 Å². The molecular weight excluding hydrogens is 196 g/mol. The molecule has 1 aromatic carbocycles. The van der Waals surface area contributed by atoms with Crippen LogP contribution >= 0.6 is 0 Å². The van der Waals surface area contributed by atoms with Crippen LogP contribution in [-0.4, -0.2) is 7.05 Å². The largest absolute Gasteiger partial charge is 0.404 e. The maximum Gasteiger partial charge on any atom is 0.0337 e. The molecule has 0 spiro atoms. The fraction of sp³-hybridized carbons (Fsp3) is 0.143. The Hall–Kier alpha value is -1.96. The van der Waals surface area contributed by atoms with Gasteiger partial charge >= 0.3 is 0 Å². The molecule has 1 rings (SSSR count).